The molecule has 0 radical (unpaired) electrons. The van der Waals surface area contributed by atoms with Crippen LogP contribution in [0.3, 0.4) is 0 Å². The summed E-state index contributed by atoms with van der Waals surface area (Å²) in [6.45, 7) is 1.74. The number of benzene rings is 1. The number of aliphatic hydroxyl groups excluding tert-OH is 1. The standard InChI is InChI=1S/C14H15NO2S/c1-10(16)13-7-4-8-15-14(13)18-12-6-3-5-11(9-12)17-2/h3-10,16H,1-2H3. The predicted octanol–water partition coefficient (Wildman–Crippen LogP) is 3.29. The molecular formula is C14H15NO2S. The fourth-order valence-electron chi connectivity index (χ4n) is 1.58. The Morgan fingerprint density at radius 1 is 1.28 bits per heavy atom. The molecule has 0 bridgehead atoms. The SMILES string of the molecule is COc1cccc(Sc2ncccc2C(C)O)c1. The average Bonchev–Trinajstić information content (AvgIpc) is 2.39. The van der Waals surface area contributed by atoms with Gasteiger partial charge in [-0.25, -0.2) is 4.98 Å². The van der Waals surface area contributed by atoms with E-state index in [0.717, 1.165) is 21.2 Å². The number of hydrogen-bond acceptors (Lipinski definition) is 4. The van der Waals surface area contributed by atoms with Gasteiger partial charge in [0, 0.05) is 16.7 Å². The van der Waals surface area contributed by atoms with E-state index >= 15 is 0 Å². The van der Waals surface area contributed by atoms with Crippen LogP contribution in [0.15, 0.2) is 52.5 Å². The number of aliphatic hydroxyl groups is 1. The van der Waals surface area contributed by atoms with Gasteiger partial charge in [0.15, 0.2) is 0 Å². The Kier molecular flexibility index (Phi) is 4.23. The summed E-state index contributed by atoms with van der Waals surface area (Å²) in [6.07, 6.45) is 1.21. The van der Waals surface area contributed by atoms with E-state index in [1.807, 2.05) is 36.4 Å². The van der Waals surface area contributed by atoms with Crippen LogP contribution >= 0.6 is 11.8 Å². The van der Waals surface area contributed by atoms with Crippen molar-refractivity contribution in [3.63, 3.8) is 0 Å². The quantitative estimate of drug-likeness (QED) is 0.917. The first-order valence-electron chi connectivity index (χ1n) is 5.65. The van der Waals surface area contributed by atoms with E-state index in [1.54, 1.807) is 20.2 Å². The molecule has 0 saturated carbocycles. The maximum Gasteiger partial charge on any atom is 0.119 e. The van der Waals surface area contributed by atoms with Gasteiger partial charge in [0.2, 0.25) is 0 Å². The molecule has 0 saturated heterocycles. The average molecular weight is 261 g/mol. The lowest BCUT2D eigenvalue weighted by Crippen LogP contribution is -1.95. The lowest BCUT2D eigenvalue weighted by atomic mass is 10.2. The Morgan fingerprint density at radius 3 is 2.83 bits per heavy atom. The minimum atomic E-state index is -0.521. The topological polar surface area (TPSA) is 42.4 Å². The van der Waals surface area contributed by atoms with E-state index in [0.29, 0.717) is 0 Å². The second kappa shape index (κ2) is 5.89. The first-order chi connectivity index (χ1) is 8.70. The molecular weight excluding hydrogens is 246 g/mol. The molecule has 0 fully saturated rings. The van der Waals surface area contributed by atoms with Crippen molar-refractivity contribution in [3.8, 4) is 5.75 Å². The monoisotopic (exact) mass is 261 g/mol. The van der Waals surface area contributed by atoms with Crippen LogP contribution in [0.2, 0.25) is 0 Å². The summed E-state index contributed by atoms with van der Waals surface area (Å²) in [5.41, 5.74) is 0.838. The van der Waals surface area contributed by atoms with Crippen molar-refractivity contribution in [2.75, 3.05) is 7.11 Å². The molecule has 3 nitrogen and oxygen atoms in total. The highest BCUT2D eigenvalue weighted by Gasteiger charge is 2.10. The number of aromatic nitrogens is 1. The highest BCUT2D eigenvalue weighted by atomic mass is 32.2. The molecule has 0 aliphatic heterocycles. The number of rotatable bonds is 4. The summed E-state index contributed by atoms with van der Waals surface area (Å²) < 4.78 is 5.19. The summed E-state index contributed by atoms with van der Waals surface area (Å²) in [4.78, 5) is 5.35. The van der Waals surface area contributed by atoms with Crippen LogP contribution in [0, 0.1) is 0 Å². The van der Waals surface area contributed by atoms with Crippen LogP contribution in [-0.4, -0.2) is 17.2 Å². The van der Waals surface area contributed by atoms with Gasteiger partial charge in [-0.15, -0.1) is 0 Å². The number of nitrogens with zero attached hydrogens (tertiary/aromatic N) is 1. The van der Waals surface area contributed by atoms with E-state index in [4.69, 9.17) is 4.74 Å². The number of hydrogen-bond donors (Lipinski definition) is 1. The van der Waals surface area contributed by atoms with Crippen molar-refractivity contribution in [3.05, 3.63) is 48.2 Å². The predicted molar refractivity (Wildman–Crippen MR) is 72.0 cm³/mol. The third kappa shape index (κ3) is 3.03. The molecule has 2 aromatic rings. The second-order valence-electron chi connectivity index (χ2n) is 3.85. The molecule has 1 atom stereocenters. The van der Waals surface area contributed by atoms with Crippen molar-refractivity contribution >= 4 is 11.8 Å². The molecule has 1 heterocycles. The first-order valence-corrected chi connectivity index (χ1v) is 6.47. The molecule has 1 aromatic carbocycles. The van der Waals surface area contributed by atoms with Gasteiger partial charge in [-0.3, -0.25) is 0 Å². The number of methoxy groups -OCH3 is 1. The van der Waals surface area contributed by atoms with Crippen molar-refractivity contribution in [1.82, 2.24) is 4.98 Å². The molecule has 94 valence electrons. The zero-order chi connectivity index (χ0) is 13.0. The van der Waals surface area contributed by atoms with Gasteiger partial charge in [-0.05, 0) is 31.2 Å². The summed E-state index contributed by atoms with van der Waals surface area (Å²) in [5.74, 6) is 0.814. The molecule has 4 heteroatoms. The van der Waals surface area contributed by atoms with Gasteiger partial charge < -0.3 is 9.84 Å². The molecule has 0 amide bonds. The van der Waals surface area contributed by atoms with E-state index in [2.05, 4.69) is 4.98 Å². The first kappa shape index (κ1) is 12.9. The molecule has 1 N–H and O–H groups in total. The normalized spacial score (nSPS) is 12.2. The number of pyridine rings is 1. The molecule has 1 unspecified atom stereocenters. The van der Waals surface area contributed by atoms with E-state index < -0.39 is 6.10 Å². The van der Waals surface area contributed by atoms with Crippen LogP contribution in [0.25, 0.3) is 0 Å². The van der Waals surface area contributed by atoms with Crippen molar-refractivity contribution in [1.29, 1.82) is 0 Å². The second-order valence-corrected chi connectivity index (χ2v) is 4.92. The van der Waals surface area contributed by atoms with Gasteiger partial charge in [0.25, 0.3) is 0 Å². The van der Waals surface area contributed by atoms with Crippen LogP contribution in [0.5, 0.6) is 5.75 Å². The van der Waals surface area contributed by atoms with Gasteiger partial charge in [0.05, 0.1) is 13.2 Å². The highest BCUT2D eigenvalue weighted by molar-refractivity contribution is 7.99. The Bertz CT molecular complexity index is 529. The van der Waals surface area contributed by atoms with E-state index in [9.17, 15) is 5.11 Å². The summed E-state index contributed by atoms with van der Waals surface area (Å²) >= 11 is 1.52. The zero-order valence-electron chi connectivity index (χ0n) is 10.3. The fourth-order valence-corrected chi connectivity index (χ4v) is 2.60. The number of ether oxygens (including phenoxy) is 1. The fraction of sp³-hybridized carbons (Fsp3) is 0.214. The lowest BCUT2D eigenvalue weighted by Gasteiger charge is -2.10. The minimum Gasteiger partial charge on any atom is -0.497 e. The molecule has 18 heavy (non-hydrogen) atoms. The van der Waals surface area contributed by atoms with Crippen LogP contribution in [0.4, 0.5) is 0 Å². The van der Waals surface area contributed by atoms with Gasteiger partial charge in [0.1, 0.15) is 10.8 Å². The Hall–Kier alpha value is -1.52. The maximum atomic E-state index is 9.71. The van der Waals surface area contributed by atoms with Crippen molar-refractivity contribution in [2.24, 2.45) is 0 Å². The van der Waals surface area contributed by atoms with Crippen LogP contribution in [-0.2, 0) is 0 Å². The van der Waals surface area contributed by atoms with E-state index in [-0.39, 0.29) is 0 Å². The summed E-state index contributed by atoms with van der Waals surface area (Å²) in [6, 6.07) is 11.5. The van der Waals surface area contributed by atoms with Gasteiger partial charge >= 0.3 is 0 Å². The Balaban J connectivity index is 2.28. The Morgan fingerprint density at radius 2 is 2.11 bits per heavy atom. The van der Waals surface area contributed by atoms with Gasteiger partial charge in [-0.2, -0.15) is 0 Å². The maximum absolute atomic E-state index is 9.71. The summed E-state index contributed by atoms with van der Waals surface area (Å²) in [5, 5.41) is 10.5. The third-order valence-electron chi connectivity index (χ3n) is 2.51. The molecule has 1 aromatic heterocycles. The molecule has 2 rings (SSSR count). The lowest BCUT2D eigenvalue weighted by molar-refractivity contribution is 0.195. The van der Waals surface area contributed by atoms with Crippen molar-refractivity contribution in [2.45, 2.75) is 22.9 Å². The zero-order valence-corrected chi connectivity index (χ0v) is 11.1. The third-order valence-corrected chi connectivity index (χ3v) is 3.53. The van der Waals surface area contributed by atoms with Crippen LogP contribution in [0.1, 0.15) is 18.6 Å². The van der Waals surface area contributed by atoms with Gasteiger partial charge in [-0.1, -0.05) is 23.9 Å². The molecule has 0 aliphatic rings. The largest absolute Gasteiger partial charge is 0.497 e. The summed E-state index contributed by atoms with van der Waals surface area (Å²) in [7, 11) is 1.64. The highest BCUT2D eigenvalue weighted by Crippen LogP contribution is 2.32. The molecule has 0 aliphatic carbocycles. The van der Waals surface area contributed by atoms with Crippen LogP contribution < -0.4 is 4.74 Å². The van der Waals surface area contributed by atoms with E-state index in [1.165, 1.54) is 11.8 Å². The van der Waals surface area contributed by atoms with Crippen molar-refractivity contribution < 1.29 is 9.84 Å². The Labute approximate surface area is 111 Å². The smallest absolute Gasteiger partial charge is 0.119 e. The molecule has 0 spiro atoms. The minimum absolute atomic E-state index is 0.521.